The smallest absolute Gasteiger partial charge is 0.169 e. The second kappa shape index (κ2) is 9.12. The van der Waals surface area contributed by atoms with E-state index in [-0.39, 0.29) is 0 Å². The van der Waals surface area contributed by atoms with Crippen molar-refractivity contribution < 1.29 is 0 Å². The van der Waals surface area contributed by atoms with Crippen molar-refractivity contribution >= 4 is 39.5 Å². The van der Waals surface area contributed by atoms with Crippen molar-refractivity contribution in [2.24, 2.45) is 5.92 Å². The standard InChI is InChI=1S/C26H31N5S/c1-18(2)17-32-26-29-23-24(21-7-3-4-8-22(21)28-25(23)27)31(26)16-20-11-9-19(10-12-20)15-30-13-5-6-14-30/h3-4,7-12,18H,5-6,13-17H2,1-2H3,(H2,27,28). The zero-order valence-electron chi connectivity index (χ0n) is 18.9. The van der Waals surface area contributed by atoms with E-state index in [1.807, 2.05) is 12.1 Å². The van der Waals surface area contributed by atoms with Crippen LogP contribution in [-0.4, -0.2) is 38.3 Å². The quantitative estimate of drug-likeness (QED) is 0.378. The van der Waals surface area contributed by atoms with Crippen LogP contribution in [0.25, 0.3) is 21.9 Å². The highest BCUT2D eigenvalue weighted by Gasteiger charge is 2.18. The molecule has 1 fully saturated rings. The summed E-state index contributed by atoms with van der Waals surface area (Å²) in [6.07, 6.45) is 2.66. The molecule has 0 saturated carbocycles. The molecule has 1 aliphatic heterocycles. The van der Waals surface area contributed by atoms with E-state index in [1.54, 1.807) is 11.8 Å². The van der Waals surface area contributed by atoms with Gasteiger partial charge in [0, 0.05) is 17.7 Å². The Kier molecular flexibility index (Phi) is 6.07. The first kappa shape index (κ1) is 21.3. The maximum absolute atomic E-state index is 6.35. The van der Waals surface area contributed by atoms with Gasteiger partial charge in [-0.1, -0.05) is 68.1 Å². The highest BCUT2D eigenvalue weighted by molar-refractivity contribution is 7.99. The molecule has 0 bridgehead atoms. The summed E-state index contributed by atoms with van der Waals surface area (Å²) in [5, 5.41) is 2.12. The summed E-state index contributed by atoms with van der Waals surface area (Å²) in [5.74, 6) is 2.11. The fourth-order valence-corrected chi connectivity index (χ4v) is 5.42. The molecule has 5 rings (SSSR count). The Morgan fingerprint density at radius 1 is 0.938 bits per heavy atom. The van der Waals surface area contributed by atoms with Crippen molar-refractivity contribution in [2.45, 2.75) is 44.9 Å². The minimum atomic E-state index is 0.504. The maximum Gasteiger partial charge on any atom is 0.169 e. The SMILES string of the molecule is CC(C)CSc1nc2c(N)nc3ccccc3c2n1Cc1ccc(CN2CCCC2)cc1. The number of rotatable bonds is 7. The number of hydrogen-bond donors (Lipinski definition) is 1. The van der Waals surface area contributed by atoms with Crippen LogP contribution in [0.15, 0.2) is 53.7 Å². The molecule has 0 atom stereocenters. The molecule has 5 nitrogen and oxygen atoms in total. The van der Waals surface area contributed by atoms with Gasteiger partial charge >= 0.3 is 0 Å². The summed E-state index contributed by atoms with van der Waals surface area (Å²) in [7, 11) is 0. The zero-order valence-corrected chi connectivity index (χ0v) is 19.7. The van der Waals surface area contributed by atoms with Gasteiger partial charge in [-0.3, -0.25) is 4.90 Å². The predicted octanol–water partition coefficient (Wildman–Crippen LogP) is 5.56. The second-order valence-electron chi connectivity index (χ2n) is 9.20. The second-order valence-corrected chi connectivity index (χ2v) is 10.2. The number of nitrogens with zero attached hydrogens (tertiary/aromatic N) is 4. The molecule has 0 amide bonds. The number of benzene rings is 2. The van der Waals surface area contributed by atoms with E-state index in [4.69, 9.17) is 10.7 Å². The lowest BCUT2D eigenvalue weighted by molar-refractivity contribution is 0.331. The van der Waals surface area contributed by atoms with Crippen molar-refractivity contribution in [3.8, 4) is 0 Å². The molecule has 0 radical (unpaired) electrons. The van der Waals surface area contributed by atoms with Crippen molar-refractivity contribution in [3.05, 3.63) is 59.7 Å². The van der Waals surface area contributed by atoms with E-state index in [0.717, 1.165) is 45.9 Å². The molecule has 0 aliphatic carbocycles. The average Bonchev–Trinajstić information content (AvgIpc) is 3.42. The summed E-state index contributed by atoms with van der Waals surface area (Å²) >= 11 is 1.80. The largest absolute Gasteiger partial charge is 0.382 e. The van der Waals surface area contributed by atoms with Crippen LogP contribution in [0, 0.1) is 5.92 Å². The van der Waals surface area contributed by atoms with Crippen LogP contribution in [0.4, 0.5) is 5.82 Å². The fourth-order valence-electron chi connectivity index (χ4n) is 4.47. The van der Waals surface area contributed by atoms with E-state index in [1.165, 1.54) is 37.1 Å². The Balaban J connectivity index is 1.53. The topological polar surface area (TPSA) is 60.0 Å². The van der Waals surface area contributed by atoms with Crippen molar-refractivity contribution in [2.75, 3.05) is 24.6 Å². The number of para-hydroxylation sites is 1. The average molecular weight is 446 g/mol. The Morgan fingerprint density at radius 3 is 2.34 bits per heavy atom. The van der Waals surface area contributed by atoms with Crippen LogP contribution in [0.3, 0.4) is 0 Å². The van der Waals surface area contributed by atoms with Gasteiger partial charge in [0.05, 0.1) is 17.6 Å². The van der Waals surface area contributed by atoms with Gasteiger partial charge in [0.15, 0.2) is 11.0 Å². The molecule has 6 heteroatoms. The summed E-state index contributed by atoms with van der Waals surface area (Å²) in [6, 6.07) is 17.3. The molecule has 0 unspecified atom stereocenters. The van der Waals surface area contributed by atoms with Gasteiger partial charge in [-0.2, -0.15) is 0 Å². The van der Waals surface area contributed by atoms with Crippen molar-refractivity contribution in [1.29, 1.82) is 0 Å². The molecule has 3 heterocycles. The maximum atomic E-state index is 6.35. The van der Waals surface area contributed by atoms with Crippen LogP contribution in [0.1, 0.15) is 37.8 Å². The minimum absolute atomic E-state index is 0.504. The van der Waals surface area contributed by atoms with Gasteiger partial charge < -0.3 is 10.3 Å². The summed E-state index contributed by atoms with van der Waals surface area (Å²) in [5.41, 5.74) is 11.8. The number of aromatic nitrogens is 3. The van der Waals surface area contributed by atoms with Crippen molar-refractivity contribution in [3.63, 3.8) is 0 Å². The number of hydrogen-bond acceptors (Lipinski definition) is 5. The first-order chi connectivity index (χ1) is 15.6. The third-order valence-corrected chi connectivity index (χ3v) is 7.49. The van der Waals surface area contributed by atoms with Gasteiger partial charge in [0.1, 0.15) is 5.52 Å². The number of fused-ring (bicyclic) bond motifs is 3. The normalized spacial score (nSPS) is 14.8. The molecule has 0 spiro atoms. The fraction of sp³-hybridized carbons (Fsp3) is 0.385. The number of nitrogens with two attached hydrogens (primary N) is 1. The Hall–Kier alpha value is -2.57. The van der Waals surface area contributed by atoms with Gasteiger partial charge in [-0.25, -0.2) is 9.97 Å². The van der Waals surface area contributed by atoms with Gasteiger partial charge in [-0.15, -0.1) is 0 Å². The lowest BCUT2D eigenvalue weighted by Gasteiger charge is -2.15. The first-order valence-electron chi connectivity index (χ1n) is 11.6. The number of anilines is 1. The first-order valence-corrected chi connectivity index (χ1v) is 12.5. The zero-order chi connectivity index (χ0) is 22.1. The number of thioether (sulfide) groups is 1. The van der Waals surface area contributed by atoms with Crippen LogP contribution in [-0.2, 0) is 13.1 Å². The summed E-state index contributed by atoms with van der Waals surface area (Å²) in [6.45, 7) is 8.75. The molecule has 1 aliphatic rings. The molecule has 2 aromatic heterocycles. The number of pyridine rings is 1. The van der Waals surface area contributed by atoms with E-state index >= 15 is 0 Å². The Bertz CT molecular complexity index is 1220. The highest BCUT2D eigenvalue weighted by Crippen LogP contribution is 2.33. The van der Waals surface area contributed by atoms with Crippen molar-refractivity contribution in [1.82, 2.24) is 19.4 Å². The number of nitrogen functional groups attached to an aromatic ring is 1. The third-order valence-electron chi connectivity index (χ3n) is 6.09. The van der Waals surface area contributed by atoms with Gasteiger partial charge in [0.25, 0.3) is 0 Å². The van der Waals surface area contributed by atoms with E-state index < -0.39 is 0 Å². The molecule has 4 aromatic rings. The summed E-state index contributed by atoms with van der Waals surface area (Å²) < 4.78 is 2.33. The molecule has 1 saturated heterocycles. The van der Waals surface area contributed by atoms with E-state index in [2.05, 4.69) is 64.7 Å². The Labute approximate surface area is 194 Å². The Morgan fingerprint density at radius 2 is 1.62 bits per heavy atom. The summed E-state index contributed by atoms with van der Waals surface area (Å²) in [4.78, 5) is 12.1. The lowest BCUT2D eigenvalue weighted by Crippen LogP contribution is -2.18. The monoisotopic (exact) mass is 445 g/mol. The van der Waals surface area contributed by atoms with E-state index in [0.29, 0.717) is 11.7 Å². The number of imidazole rings is 1. The highest BCUT2D eigenvalue weighted by atomic mass is 32.2. The van der Waals surface area contributed by atoms with E-state index in [9.17, 15) is 0 Å². The van der Waals surface area contributed by atoms with Crippen LogP contribution < -0.4 is 5.73 Å². The number of likely N-dealkylation sites (tertiary alicyclic amines) is 1. The molecule has 2 aromatic carbocycles. The van der Waals surface area contributed by atoms with Crippen LogP contribution in [0.2, 0.25) is 0 Å². The lowest BCUT2D eigenvalue weighted by atomic mass is 10.1. The molecule has 32 heavy (non-hydrogen) atoms. The van der Waals surface area contributed by atoms with Gasteiger partial charge in [-0.05, 0) is 49.0 Å². The minimum Gasteiger partial charge on any atom is -0.382 e. The van der Waals surface area contributed by atoms with Crippen LogP contribution in [0.5, 0.6) is 0 Å². The molecular weight excluding hydrogens is 414 g/mol. The predicted molar refractivity (Wildman–Crippen MR) is 135 cm³/mol. The molecule has 2 N–H and O–H groups in total. The third kappa shape index (κ3) is 4.34. The molecular formula is C26H31N5S. The van der Waals surface area contributed by atoms with Crippen LogP contribution >= 0.6 is 11.8 Å². The molecule has 166 valence electrons. The van der Waals surface area contributed by atoms with Gasteiger partial charge in [0.2, 0.25) is 0 Å².